The molecule has 1 fully saturated rings. The van der Waals surface area contributed by atoms with Crippen molar-refractivity contribution in [2.24, 2.45) is 5.41 Å². The molecule has 0 saturated carbocycles. The predicted molar refractivity (Wildman–Crippen MR) is 82.2 cm³/mol. The van der Waals surface area contributed by atoms with Crippen molar-refractivity contribution in [3.63, 3.8) is 0 Å². The average molecular weight is 300 g/mol. The predicted octanol–water partition coefficient (Wildman–Crippen LogP) is 2.68. The molecule has 0 unspecified atom stereocenters. The van der Waals surface area contributed by atoms with Gasteiger partial charge < -0.3 is 14.0 Å². The SMILES string of the molecule is Cc1cc(C(=O)OCC2(C)COC2)c(C)n1-c1cccnc1. The molecule has 5 heteroatoms. The number of pyridine rings is 1. The number of aryl methyl sites for hydroxylation is 1. The van der Waals surface area contributed by atoms with Gasteiger partial charge in [-0.1, -0.05) is 6.92 Å². The highest BCUT2D eigenvalue weighted by molar-refractivity contribution is 5.91. The van der Waals surface area contributed by atoms with Crippen LogP contribution >= 0.6 is 0 Å². The molecule has 2 aromatic heterocycles. The Bertz CT molecular complexity index is 687. The van der Waals surface area contributed by atoms with Crippen molar-refractivity contribution in [1.82, 2.24) is 9.55 Å². The topological polar surface area (TPSA) is 53.4 Å². The van der Waals surface area contributed by atoms with E-state index in [9.17, 15) is 4.79 Å². The molecule has 0 atom stereocenters. The largest absolute Gasteiger partial charge is 0.461 e. The summed E-state index contributed by atoms with van der Waals surface area (Å²) in [6.07, 6.45) is 3.51. The molecule has 116 valence electrons. The number of aromatic nitrogens is 2. The summed E-state index contributed by atoms with van der Waals surface area (Å²) < 4.78 is 12.7. The molecular weight excluding hydrogens is 280 g/mol. The van der Waals surface area contributed by atoms with E-state index < -0.39 is 0 Å². The van der Waals surface area contributed by atoms with Gasteiger partial charge in [0.1, 0.15) is 6.61 Å². The van der Waals surface area contributed by atoms with E-state index in [4.69, 9.17) is 9.47 Å². The van der Waals surface area contributed by atoms with E-state index in [0.717, 1.165) is 17.1 Å². The molecule has 0 amide bonds. The molecule has 1 aliphatic heterocycles. The number of ether oxygens (including phenoxy) is 2. The second-order valence-electron chi connectivity index (χ2n) is 6.21. The van der Waals surface area contributed by atoms with Crippen LogP contribution in [0.15, 0.2) is 30.6 Å². The lowest BCUT2D eigenvalue weighted by Crippen LogP contribution is -2.44. The highest BCUT2D eigenvalue weighted by Gasteiger charge is 2.35. The Morgan fingerprint density at radius 1 is 1.45 bits per heavy atom. The molecule has 0 radical (unpaired) electrons. The molecule has 0 bridgehead atoms. The van der Waals surface area contributed by atoms with Crippen LogP contribution in [0.1, 0.15) is 28.7 Å². The summed E-state index contributed by atoms with van der Waals surface area (Å²) in [7, 11) is 0. The molecule has 0 spiro atoms. The summed E-state index contributed by atoms with van der Waals surface area (Å²) in [5, 5.41) is 0. The number of esters is 1. The number of carbonyl (C=O) groups is 1. The van der Waals surface area contributed by atoms with Gasteiger partial charge >= 0.3 is 5.97 Å². The minimum Gasteiger partial charge on any atom is -0.461 e. The number of rotatable bonds is 4. The Balaban J connectivity index is 1.81. The first-order chi connectivity index (χ1) is 10.5. The monoisotopic (exact) mass is 300 g/mol. The summed E-state index contributed by atoms with van der Waals surface area (Å²) in [6.45, 7) is 7.64. The summed E-state index contributed by atoms with van der Waals surface area (Å²) in [6, 6.07) is 5.71. The van der Waals surface area contributed by atoms with Crippen LogP contribution in [0, 0.1) is 19.3 Å². The Labute approximate surface area is 129 Å². The third-order valence-electron chi connectivity index (χ3n) is 4.01. The summed E-state index contributed by atoms with van der Waals surface area (Å²) in [5.74, 6) is -0.281. The van der Waals surface area contributed by atoms with Gasteiger partial charge in [0.2, 0.25) is 0 Å². The molecule has 2 aromatic rings. The second kappa shape index (κ2) is 5.57. The highest BCUT2D eigenvalue weighted by Crippen LogP contribution is 2.27. The Morgan fingerprint density at radius 2 is 2.23 bits per heavy atom. The van der Waals surface area contributed by atoms with Crippen molar-refractivity contribution >= 4 is 5.97 Å². The molecule has 3 heterocycles. The van der Waals surface area contributed by atoms with Crippen molar-refractivity contribution in [1.29, 1.82) is 0 Å². The van der Waals surface area contributed by atoms with Gasteiger partial charge in [-0.25, -0.2) is 4.79 Å². The van der Waals surface area contributed by atoms with Crippen LogP contribution in [0.2, 0.25) is 0 Å². The van der Waals surface area contributed by atoms with Gasteiger partial charge in [0.25, 0.3) is 0 Å². The summed E-state index contributed by atoms with van der Waals surface area (Å²) in [4.78, 5) is 16.5. The molecule has 1 aliphatic rings. The highest BCUT2D eigenvalue weighted by atomic mass is 16.5. The van der Waals surface area contributed by atoms with Gasteiger partial charge in [0, 0.05) is 23.0 Å². The maximum atomic E-state index is 12.4. The molecular formula is C17H20N2O3. The van der Waals surface area contributed by atoms with Crippen molar-refractivity contribution in [2.75, 3.05) is 19.8 Å². The van der Waals surface area contributed by atoms with Crippen LogP contribution in [0.4, 0.5) is 0 Å². The first-order valence-electron chi connectivity index (χ1n) is 7.34. The zero-order chi connectivity index (χ0) is 15.7. The lowest BCUT2D eigenvalue weighted by atomic mass is 9.90. The smallest absolute Gasteiger partial charge is 0.340 e. The van der Waals surface area contributed by atoms with E-state index in [-0.39, 0.29) is 11.4 Å². The molecule has 3 rings (SSSR count). The standard InChI is InChI=1S/C17H20N2O3/c1-12-7-15(16(20)22-11-17(3)9-21-10-17)13(2)19(12)14-5-4-6-18-8-14/h4-8H,9-11H2,1-3H3. The number of hydrogen-bond donors (Lipinski definition) is 0. The third-order valence-corrected chi connectivity index (χ3v) is 4.01. The van der Waals surface area contributed by atoms with Crippen molar-refractivity contribution < 1.29 is 14.3 Å². The zero-order valence-corrected chi connectivity index (χ0v) is 13.1. The maximum absolute atomic E-state index is 12.4. The number of nitrogens with zero attached hydrogens (tertiary/aromatic N) is 2. The number of carbonyl (C=O) groups excluding carboxylic acids is 1. The van der Waals surface area contributed by atoms with E-state index in [0.29, 0.717) is 25.4 Å². The average Bonchev–Trinajstić information content (AvgIpc) is 2.79. The summed E-state index contributed by atoms with van der Waals surface area (Å²) in [5.41, 5.74) is 3.35. The van der Waals surface area contributed by atoms with E-state index >= 15 is 0 Å². The van der Waals surface area contributed by atoms with Gasteiger partial charge in [-0.3, -0.25) is 4.98 Å². The molecule has 0 aliphatic carbocycles. The van der Waals surface area contributed by atoms with Crippen LogP contribution in [-0.4, -0.2) is 35.3 Å². The molecule has 1 saturated heterocycles. The van der Waals surface area contributed by atoms with Crippen LogP contribution < -0.4 is 0 Å². The normalized spacial score (nSPS) is 16.1. The third kappa shape index (κ3) is 2.64. The van der Waals surface area contributed by atoms with Gasteiger partial charge in [-0.2, -0.15) is 0 Å². The van der Waals surface area contributed by atoms with Crippen molar-refractivity contribution in [3.05, 3.63) is 47.5 Å². The first-order valence-corrected chi connectivity index (χ1v) is 7.34. The Hall–Kier alpha value is -2.14. The first kappa shape index (κ1) is 14.8. The van der Waals surface area contributed by atoms with E-state index in [1.54, 1.807) is 12.4 Å². The van der Waals surface area contributed by atoms with Gasteiger partial charge in [-0.05, 0) is 32.0 Å². The minimum absolute atomic E-state index is 0.0372. The Morgan fingerprint density at radius 3 is 2.82 bits per heavy atom. The van der Waals surface area contributed by atoms with Crippen molar-refractivity contribution in [3.8, 4) is 5.69 Å². The molecule has 0 N–H and O–H groups in total. The van der Waals surface area contributed by atoms with Crippen molar-refractivity contribution in [2.45, 2.75) is 20.8 Å². The minimum atomic E-state index is -0.281. The fourth-order valence-corrected chi connectivity index (χ4v) is 2.70. The van der Waals surface area contributed by atoms with Crippen LogP contribution in [-0.2, 0) is 9.47 Å². The lowest BCUT2D eigenvalue weighted by Gasteiger charge is -2.37. The van der Waals surface area contributed by atoms with Gasteiger partial charge in [-0.15, -0.1) is 0 Å². The van der Waals surface area contributed by atoms with Gasteiger partial charge in [0.15, 0.2) is 0 Å². The van der Waals surface area contributed by atoms with Crippen LogP contribution in [0.3, 0.4) is 0 Å². The number of hydrogen-bond acceptors (Lipinski definition) is 4. The van der Waals surface area contributed by atoms with Crippen LogP contribution in [0.5, 0.6) is 0 Å². The molecule has 22 heavy (non-hydrogen) atoms. The van der Waals surface area contributed by atoms with Gasteiger partial charge in [0.05, 0.1) is 30.7 Å². The van der Waals surface area contributed by atoms with E-state index in [2.05, 4.69) is 11.9 Å². The quantitative estimate of drug-likeness (QED) is 0.815. The zero-order valence-electron chi connectivity index (χ0n) is 13.1. The van der Waals surface area contributed by atoms with Crippen LogP contribution in [0.25, 0.3) is 5.69 Å². The fourth-order valence-electron chi connectivity index (χ4n) is 2.70. The molecule has 5 nitrogen and oxygen atoms in total. The lowest BCUT2D eigenvalue weighted by molar-refractivity contribution is -0.127. The van der Waals surface area contributed by atoms with E-state index in [1.807, 2.05) is 36.6 Å². The fraction of sp³-hybridized carbons (Fsp3) is 0.412. The maximum Gasteiger partial charge on any atom is 0.340 e. The second-order valence-corrected chi connectivity index (χ2v) is 6.21. The van der Waals surface area contributed by atoms with E-state index in [1.165, 1.54) is 0 Å². The molecule has 0 aromatic carbocycles. The summed E-state index contributed by atoms with van der Waals surface area (Å²) >= 11 is 0. The Kier molecular flexibility index (Phi) is 3.74.